The lowest BCUT2D eigenvalue weighted by atomic mass is 10.1. The standard InChI is InChI=1S/C60H107N2O7P/c1-7-10-13-16-19-22-25-27-29-31-33-35-38-41-44-47-50-53-60(64)69-58(51-48-45-42-39-36-24-21-18-15-12-9-3)57(56-68-70(65,66)67-55-54-62(4,5)6)61-59(63)52-49-46-43-40-37-34-32-30-28-26-23-20-17-14-11-8-2/h19,22,27,29-30,32-35,37,41,44,48,51,57-58H,7-18,20-21,23-26,28,31,36,38-40,42-43,45-47,49-50,52-56H2,1-6H3,(H-,61,63,65,66)/p+1/b22-19-,29-27-,32-30+,35-33-,37-34+,44-41-,51-48+. The van der Waals surface area contributed by atoms with E-state index in [1.54, 1.807) is 0 Å². The van der Waals surface area contributed by atoms with Gasteiger partial charge in [-0.05, 0) is 96.0 Å². The van der Waals surface area contributed by atoms with Crippen LogP contribution in [0.1, 0.15) is 233 Å². The van der Waals surface area contributed by atoms with Gasteiger partial charge >= 0.3 is 13.8 Å². The maximum atomic E-state index is 13.5. The number of quaternary nitrogens is 1. The Morgan fingerprint density at radius 1 is 0.514 bits per heavy atom. The molecule has 0 radical (unpaired) electrons. The van der Waals surface area contributed by atoms with Crippen molar-refractivity contribution in [2.75, 3.05) is 40.9 Å². The van der Waals surface area contributed by atoms with Gasteiger partial charge in [-0.2, -0.15) is 0 Å². The van der Waals surface area contributed by atoms with E-state index < -0.39 is 20.0 Å². The van der Waals surface area contributed by atoms with Gasteiger partial charge in [0, 0.05) is 12.8 Å². The van der Waals surface area contributed by atoms with Crippen LogP contribution in [0.4, 0.5) is 0 Å². The third kappa shape index (κ3) is 50.1. The Bertz CT molecular complexity index is 1480. The molecular formula is C60H108N2O7P+. The average molecular weight is 1000 g/mol. The summed E-state index contributed by atoms with van der Waals surface area (Å²) in [5.41, 5.74) is 0. The fourth-order valence-electron chi connectivity index (χ4n) is 7.63. The van der Waals surface area contributed by atoms with E-state index >= 15 is 0 Å². The summed E-state index contributed by atoms with van der Waals surface area (Å²) in [5, 5.41) is 3.01. The fraction of sp³-hybridized carbons (Fsp3) is 0.733. The summed E-state index contributed by atoms with van der Waals surface area (Å²) in [6.07, 6.45) is 64.4. The van der Waals surface area contributed by atoms with Gasteiger partial charge in [0.15, 0.2) is 0 Å². The molecule has 0 aromatic carbocycles. The van der Waals surface area contributed by atoms with E-state index in [1.807, 2.05) is 33.3 Å². The normalized spacial score (nSPS) is 14.4. The number of hydrogen-bond donors (Lipinski definition) is 2. The zero-order chi connectivity index (χ0) is 51.5. The Morgan fingerprint density at radius 3 is 1.44 bits per heavy atom. The predicted octanol–water partition coefficient (Wildman–Crippen LogP) is 17.0. The van der Waals surface area contributed by atoms with E-state index in [-0.39, 0.29) is 37.9 Å². The number of allylic oxidation sites excluding steroid dienone is 13. The molecule has 70 heavy (non-hydrogen) atoms. The number of ether oxygens (including phenoxy) is 1. The minimum atomic E-state index is -4.46. The van der Waals surface area contributed by atoms with Gasteiger partial charge in [0.1, 0.15) is 19.3 Å². The van der Waals surface area contributed by atoms with Gasteiger partial charge in [0.25, 0.3) is 0 Å². The summed E-state index contributed by atoms with van der Waals surface area (Å²) < 4.78 is 30.5. The molecule has 0 fully saturated rings. The van der Waals surface area contributed by atoms with Crippen LogP contribution in [0.25, 0.3) is 0 Å². The average Bonchev–Trinajstić information content (AvgIpc) is 3.32. The topological polar surface area (TPSA) is 111 Å². The van der Waals surface area contributed by atoms with E-state index in [0.717, 1.165) is 70.6 Å². The zero-order valence-electron chi connectivity index (χ0n) is 46.0. The van der Waals surface area contributed by atoms with Crippen molar-refractivity contribution in [1.82, 2.24) is 5.32 Å². The number of unbranched alkanes of at least 4 members (excludes halogenated alkanes) is 23. The van der Waals surface area contributed by atoms with E-state index in [0.29, 0.717) is 23.9 Å². The summed E-state index contributed by atoms with van der Waals surface area (Å²) in [7, 11) is 1.44. The third-order valence-electron chi connectivity index (χ3n) is 12.1. The van der Waals surface area contributed by atoms with Crippen LogP contribution in [-0.4, -0.2) is 74.3 Å². The van der Waals surface area contributed by atoms with Crippen molar-refractivity contribution in [1.29, 1.82) is 0 Å². The maximum Gasteiger partial charge on any atom is 0.472 e. The molecule has 404 valence electrons. The second-order valence-electron chi connectivity index (χ2n) is 20.1. The SMILES string of the molecule is CCCCC/C=C\C/C=C\C/C=C\C/C=C\CCCC(=O)OC(/C=C/CCCCCCCCCCC)C(COP(=O)(O)OCC[N+](C)(C)C)NC(=O)CCCCC/C=C/C=C/CCCCCCCCC. The number of hydrogen-bond acceptors (Lipinski definition) is 6. The summed E-state index contributed by atoms with van der Waals surface area (Å²) in [6, 6.07) is -0.886. The highest BCUT2D eigenvalue weighted by molar-refractivity contribution is 7.47. The third-order valence-corrected chi connectivity index (χ3v) is 13.1. The molecule has 0 aromatic rings. The summed E-state index contributed by atoms with van der Waals surface area (Å²) in [4.78, 5) is 37.5. The van der Waals surface area contributed by atoms with Crippen molar-refractivity contribution >= 4 is 19.7 Å². The van der Waals surface area contributed by atoms with Gasteiger partial charge in [-0.3, -0.25) is 18.6 Å². The van der Waals surface area contributed by atoms with Crippen LogP contribution >= 0.6 is 7.82 Å². The number of nitrogens with zero attached hydrogens (tertiary/aromatic N) is 1. The molecule has 9 nitrogen and oxygen atoms in total. The van der Waals surface area contributed by atoms with Crippen LogP contribution in [-0.2, 0) is 27.9 Å². The number of carbonyl (C=O) groups excluding carboxylic acids is 2. The molecule has 0 aliphatic carbocycles. The number of rotatable bonds is 50. The molecule has 0 aliphatic heterocycles. The molecule has 0 bridgehead atoms. The Labute approximate surface area is 431 Å². The minimum Gasteiger partial charge on any atom is -0.456 e. The van der Waals surface area contributed by atoms with Crippen LogP contribution in [0.3, 0.4) is 0 Å². The minimum absolute atomic E-state index is 0.0233. The number of carbonyl (C=O) groups is 2. The molecule has 0 saturated heterocycles. The Hall–Kier alpha value is -2.81. The molecular weight excluding hydrogens is 892 g/mol. The number of likely N-dealkylation sites (N-methyl/N-ethyl adjacent to an activating group) is 1. The number of nitrogens with one attached hydrogen (secondary N) is 1. The lowest BCUT2D eigenvalue weighted by Gasteiger charge is -2.27. The molecule has 0 aromatic heterocycles. The summed E-state index contributed by atoms with van der Waals surface area (Å²) >= 11 is 0. The van der Waals surface area contributed by atoms with E-state index in [2.05, 4.69) is 99.0 Å². The van der Waals surface area contributed by atoms with Crippen molar-refractivity contribution in [2.24, 2.45) is 0 Å². The fourth-order valence-corrected chi connectivity index (χ4v) is 8.36. The summed E-state index contributed by atoms with van der Waals surface area (Å²) in [5.74, 6) is -0.606. The Balaban J connectivity index is 5.48. The van der Waals surface area contributed by atoms with Crippen LogP contribution in [0.5, 0.6) is 0 Å². The van der Waals surface area contributed by atoms with Crippen LogP contribution in [0, 0.1) is 0 Å². The zero-order valence-corrected chi connectivity index (χ0v) is 46.9. The molecule has 0 rings (SSSR count). The molecule has 0 aliphatic rings. The first-order valence-corrected chi connectivity index (χ1v) is 29.9. The first-order chi connectivity index (χ1) is 33.9. The number of phosphoric ester groups is 1. The Kier molecular flexibility index (Phi) is 47.8. The van der Waals surface area contributed by atoms with Crippen LogP contribution < -0.4 is 5.32 Å². The molecule has 0 heterocycles. The first kappa shape index (κ1) is 67.2. The lowest BCUT2D eigenvalue weighted by molar-refractivity contribution is -0.870. The highest BCUT2D eigenvalue weighted by atomic mass is 31.2. The van der Waals surface area contributed by atoms with E-state index in [9.17, 15) is 19.0 Å². The second kappa shape index (κ2) is 49.8. The summed E-state index contributed by atoms with van der Waals surface area (Å²) in [6.45, 7) is 6.90. The van der Waals surface area contributed by atoms with Crippen molar-refractivity contribution in [2.45, 2.75) is 245 Å². The van der Waals surface area contributed by atoms with Gasteiger partial charge in [-0.1, -0.05) is 209 Å². The monoisotopic (exact) mass is 1000 g/mol. The van der Waals surface area contributed by atoms with Crippen LogP contribution in [0.2, 0.25) is 0 Å². The van der Waals surface area contributed by atoms with E-state index in [4.69, 9.17) is 13.8 Å². The second-order valence-corrected chi connectivity index (χ2v) is 21.6. The quantitative estimate of drug-likeness (QED) is 0.0156. The van der Waals surface area contributed by atoms with Crippen molar-refractivity contribution in [3.8, 4) is 0 Å². The molecule has 0 spiro atoms. The number of amides is 1. The molecule has 1 amide bonds. The number of esters is 1. The predicted molar refractivity (Wildman–Crippen MR) is 300 cm³/mol. The highest BCUT2D eigenvalue weighted by Gasteiger charge is 2.30. The highest BCUT2D eigenvalue weighted by Crippen LogP contribution is 2.43. The van der Waals surface area contributed by atoms with Gasteiger partial charge in [-0.15, -0.1) is 0 Å². The van der Waals surface area contributed by atoms with Crippen molar-refractivity contribution < 1.29 is 37.3 Å². The van der Waals surface area contributed by atoms with Crippen LogP contribution in [0.15, 0.2) is 85.1 Å². The van der Waals surface area contributed by atoms with Crippen molar-refractivity contribution in [3.05, 3.63) is 85.1 Å². The maximum absolute atomic E-state index is 13.5. The van der Waals surface area contributed by atoms with Gasteiger partial charge < -0.3 is 19.4 Å². The van der Waals surface area contributed by atoms with Gasteiger partial charge in [-0.25, -0.2) is 4.57 Å². The first-order valence-electron chi connectivity index (χ1n) is 28.4. The van der Waals surface area contributed by atoms with Crippen molar-refractivity contribution in [3.63, 3.8) is 0 Å². The molecule has 3 unspecified atom stereocenters. The molecule has 0 saturated carbocycles. The Morgan fingerprint density at radius 2 is 0.929 bits per heavy atom. The molecule has 10 heteroatoms. The lowest BCUT2D eigenvalue weighted by Crippen LogP contribution is -2.47. The largest absolute Gasteiger partial charge is 0.472 e. The molecule has 3 atom stereocenters. The van der Waals surface area contributed by atoms with Gasteiger partial charge in [0.05, 0.1) is 33.8 Å². The smallest absolute Gasteiger partial charge is 0.456 e. The molecule has 2 N–H and O–H groups in total. The van der Waals surface area contributed by atoms with Gasteiger partial charge in [0.2, 0.25) is 5.91 Å². The number of phosphoric acid groups is 1. The van der Waals surface area contributed by atoms with E-state index in [1.165, 1.54) is 116 Å².